The Morgan fingerprint density at radius 1 is 1.29 bits per heavy atom. The van der Waals surface area contributed by atoms with Gasteiger partial charge in [0.25, 0.3) is 5.91 Å². The lowest BCUT2D eigenvalue weighted by molar-refractivity contribution is 0.0761. The third-order valence-electron chi connectivity index (χ3n) is 4.53. The van der Waals surface area contributed by atoms with Gasteiger partial charge >= 0.3 is 0 Å². The first kappa shape index (κ1) is 16.5. The van der Waals surface area contributed by atoms with Crippen molar-refractivity contribution in [1.82, 2.24) is 9.88 Å². The van der Waals surface area contributed by atoms with Crippen LogP contribution >= 0.6 is 0 Å². The van der Waals surface area contributed by atoms with E-state index in [4.69, 9.17) is 4.74 Å². The molecule has 5 heteroatoms. The van der Waals surface area contributed by atoms with Crippen LogP contribution in [0.5, 0.6) is 5.75 Å². The van der Waals surface area contributed by atoms with E-state index in [-0.39, 0.29) is 11.8 Å². The number of aliphatic hydroxyl groups is 1. The number of methoxy groups -OCH3 is 1. The average Bonchev–Trinajstić information content (AvgIpc) is 2.96. The highest BCUT2D eigenvalue weighted by molar-refractivity contribution is 5.97. The summed E-state index contributed by atoms with van der Waals surface area (Å²) in [6.07, 6.45) is 3.71. The molecule has 0 radical (unpaired) electrons. The molecule has 1 saturated heterocycles. The molecule has 2 heterocycles. The van der Waals surface area contributed by atoms with E-state index >= 15 is 0 Å². The number of likely N-dealkylation sites (tertiary alicyclic amines) is 1. The fraction of sp³-hybridized carbons (Fsp3) is 0.368. The first-order valence-corrected chi connectivity index (χ1v) is 8.09. The zero-order valence-electron chi connectivity index (χ0n) is 14.0. The maximum Gasteiger partial charge on any atom is 0.257 e. The summed E-state index contributed by atoms with van der Waals surface area (Å²) in [5.74, 6) is 0.517. The van der Waals surface area contributed by atoms with E-state index < -0.39 is 6.10 Å². The number of aliphatic hydroxyl groups excluding tert-OH is 1. The van der Waals surface area contributed by atoms with Gasteiger partial charge < -0.3 is 14.7 Å². The van der Waals surface area contributed by atoms with Crippen LogP contribution in [-0.2, 0) is 6.42 Å². The maximum absolute atomic E-state index is 12.8. The van der Waals surface area contributed by atoms with Crippen LogP contribution in [0.1, 0.15) is 21.5 Å². The second-order valence-corrected chi connectivity index (χ2v) is 6.30. The summed E-state index contributed by atoms with van der Waals surface area (Å²) in [5.41, 5.74) is 2.71. The number of benzene rings is 1. The number of aryl methyl sites for hydroxylation is 1. The molecule has 24 heavy (non-hydrogen) atoms. The van der Waals surface area contributed by atoms with Crippen molar-refractivity contribution in [1.29, 1.82) is 0 Å². The number of amides is 1. The highest BCUT2D eigenvalue weighted by Crippen LogP contribution is 2.26. The molecular weight excluding hydrogens is 304 g/mol. The number of aromatic nitrogens is 1. The van der Waals surface area contributed by atoms with Gasteiger partial charge in [-0.1, -0.05) is 6.07 Å². The van der Waals surface area contributed by atoms with Crippen molar-refractivity contribution in [2.45, 2.75) is 19.4 Å². The van der Waals surface area contributed by atoms with E-state index in [1.807, 2.05) is 31.2 Å². The molecular formula is C19H22N2O3. The molecule has 1 amide bonds. The van der Waals surface area contributed by atoms with Crippen LogP contribution < -0.4 is 4.74 Å². The lowest BCUT2D eigenvalue weighted by Crippen LogP contribution is -2.30. The van der Waals surface area contributed by atoms with E-state index in [0.717, 1.165) is 17.5 Å². The van der Waals surface area contributed by atoms with Gasteiger partial charge in [0.1, 0.15) is 5.75 Å². The van der Waals surface area contributed by atoms with Crippen LogP contribution in [-0.4, -0.2) is 47.2 Å². The number of pyridine rings is 1. The zero-order chi connectivity index (χ0) is 17.1. The van der Waals surface area contributed by atoms with E-state index in [1.54, 1.807) is 30.5 Å². The molecule has 1 N–H and O–H groups in total. The SMILES string of the molecule is COc1cc(C)ccc1C(=O)N1C[C@@H](Cc2ccncc2)[C@@H](O)C1. The smallest absolute Gasteiger partial charge is 0.257 e. The predicted molar refractivity (Wildman–Crippen MR) is 91.1 cm³/mol. The summed E-state index contributed by atoms with van der Waals surface area (Å²) in [6.45, 7) is 2.85. The fourth-order valence-corrected chi connectivity index (χ4v) is 3.19. The molecule has 2 aromatic rings. The number of β-amino-alcohol motifs (C(OH)–C–C–N with tert-alkyl or cyclic N) is 1. The molecule has 1 fully saturated rings. The highest BCUT2D eigenvalue weighted by atomic mass is 16.5. The first-order valence-electron chi connectivity index (χ1n) is 8.09. The van der Waals surface area contributed by atoms with Crippen molar-refractivity contribution >= 4 is 5.91 Å². The number of ether oxygens (including phenoxy) is 1. The Kier molecular flexibility index (Phi) is 4.81. The molecule has 5 nitrogen and oxygen atoms in total. The lowest BCUT2D eigenvalue weighted by atomic mass is 9.97. The quantitative estimate of drug-likeness (QED) is 0.934. The molecule has 1 aliphatic rings. The Morgan fingerprint density at radius 3 is 2.75 bits per heavy atom. The molecule has 0 aliphatic carbocycles. The largest absolute Gasteiger partial charge is 0.496 e. The van der Waals surface area contributed by atoms with Gasteiger partial charge in [-0.25, -0.2) is 0 Å². The number of hydrogen-bond donors (Lipinski definition) is 1. The molecule has 2 atom stereocenters. The summed E-state index contributed by atoms with van der Waals surface area (Å²) in [6, 6.07) is 9.43. The van der Waals surface area contributed by atoms with E-state index in [9.17, 15) is 9.90 Å². The number of carbonyl (C=O) groups excluding carboxylic acids is 1. The lowest BCUT2D eigenvalue weighted by Gasteiger charge is -2.18. The number of rotatable bonds is 4. The van der Waals surface area contributed by atoms with Crippen LogP contribution in [0, 0.1) is 12.8 Å². The predicted octanol–water partition coefficient (Wildman–Crippen LogP) is 2.07. The minimum absolute atomic E-state index is 0.0350. The molecule has 0 bridgehead atoms. The van der Waals surface area contributed by atoms with Crippen LogP contribution in [0.25, 0.3) is 0 Å². The van der Waals surface area contributed by atoms with E-state index in [1.165, 1.54) is 0 Å². The minimum Gasteiger partial charge on any atom is -0.496 e. The first-order chi connectivity index (χ1) is 11.6. The van der Waals surface area contributed by atoms with Crippen LogP contribution in [0.4, 0.5) is 0 Å². The van der Waals surface area contributed by atoms with Gasteiger partial charge in [0, 0.05) is 31.4 Å². The van der Waals surface area contributed by atoms with Gasteiger partial charge in [0.15, 0.2) is 0 Å². The fourth-order valence-electron chi connectivity index (χ4n) is 3.19. The topological polar surface area (TPSA) is 62.7 Å². The van der Waals surface area contributed by atoms with Crippen molar-refractivity contribution in [3.05, 3.63) is 59.4 Å². The third kappa shape index (κ3) is 3.41. The van der Waals surface area contributed by atoms with Crippen LogP contribution in [0.15, 0.2) is 42.7 Å². The summed E-state index contributed by atoms with van der Waals surface area (Å²) in [5, 5.41) is 10.3. The molecule has 0 unspecified atom stereocenters. The Hall–Kier alpha value is -2.40. The second-order valence-electron chi connectivity index (χ2n) is 6.30. The Labute approximate surface area is 141 Å². The molecule has 1 aliphatic heterocycles. The normalized spacial score (nSPS) is 20.2. The minimum atomic E-state index is -0.515. The summed E-state index contributed by atoms with van der Waals surface area (Å²) < 4.78 is 5.34. The second kappa shape index (κ2) is 7.01. The standard InChI is InChI=1S/C19H22N2O3/c1-13-3-4-16(18(9-13)24-2)19(23)21-11-15(17(22)12-21)10-14-5-7-20-8-6-14/h3-9,15,17,22H,10-12H2,1-2H3/t15-,17+/m1/s1. The molecule has 1 aromatic heterocycles. The Balaban J connectivity index is 1.73. The van der Waals surface area contributed by atoms with Gasteiger partial charge in [0.2, 0.25) is 0 Å². The molecule has 0 spiro atoms. The summed E-state index contributed by atoms with van der Waals surface area (Å²) >= 11 is 0. The van der Waals surface area contributed by atoms with E-state index in [2.05, 4.69) is 4.98 Å². The van der Waals surface area contributed by atoms with Crippen molar-refractivity contribution in [2.24, 2.45) is 5.92 Å². The van der Waals surface area contributed by atoms with Gasteiger partial charge in [-0.3, -0.25) is 9.78 Å². The summed E-state index contributed by atoms with van der Waals surface area (Å²) in [4.78, 5) is 18.5. The molecule has 126 valence electrons. The van der Waals surface area contributed by atoms with E-state index in [0.29, 0.717) is 24.4 Å². The van der Waals surface area contributed by atoms with Crippen LogP contribution in [0.2, 0.25) is 0 Å². The zero-order valence-corrected chi connectivity index (χ0v) is 14.0. The van der Waals surface area contributed by atoms with Crippen molar-refractivity contribution in [3.63, 3.8) is 0 Å². The average molecular weight is 326 g/mol. The number of carbonyl (C=O) groups is 1. The third-order valence-corrected chi connectivity index (χ3v) is 4.53. The molecule has 0 saturated carbocycles. The van der Waals surface area contributed by atoms with Crippen molar-refractivity contribution < 1.29 is 14.6 Å². The maximum atomic E-state index is 12.8. The molecule has 1 aromatic carbocycles. The van der Waals surface area contributed by atoms with Gasteiger partial charge in [-0.05, 0) is 48.7 Å². The number of nitrogens with zero attached hydrogens (tertiary/aromatic N) is 2. The number of hydrogen-bond acceptors (Lipinski definition) is 4. The molecule has 3 rings (SSSR count). The van der Waals surface area contributed by atoms with Crippen LogP contribution in [0.3, 0.4) is 0 Å². The Morgan fingerprint density at radius 2 is 2.04 bits per heavy atom. The monoisotopic (exact) mass is 326 g/mol. The Bertz CT molecular complexity index is 718. The van der Waals surface area contributed by atoms with Crippen molar-refractivity contribution in [3.8, 4) is 5.75 Å². The van der Waals surface area contributed by atoms with Crippen molar-refractivity contribution in [2.75, 3.05) is 20.2 Å². The van der Waals surface area contributed by atoms with Gasteiger partial charge in [0.05, 0.1) is 18.8 Å². The summed E-state index contributed by atoms with van der Waals surface area (Å²) in [7, 11) is 1.57. The van der Waals surface area contributed by atoms with Gasteiger partial charge in [-0.15, -0.1) is 0 Å². The van der Waals surface area contributed by atoms with Gasteiger partial charge in [-0.2, -0.15) is 0 Å². The highest BCUT2D eigenvalue weighted by Gasteiger charge is 2.35.